The predicted octanol–water partition coefficient (Wildman–Crippen LogP) is 5.14. The van der Waals surface area contributed by atoms with Gasteiger partial charge in [-0.25, -0.2) is 0 Å². The topological polar surface area (TPSA) is 99.1 Å². The van der Waals surface area contributed by atoms with E-state index in [1.54, 1.807) is 30.3 Å². The number of benzene rings is 3. The molecule has 0 radical (unpaired) electrons. The SMILES string of the molecule is CC[C@H]1C[C@@H]2C(=O)N(c3ccc(Nc4ccccc4)cc3)C(=O)[C@@H]2[C@@H]2C[C@@H](c3cccc(O)c3)O[C@]12O. The van der Waals surface area contributed by atoms with Gasteiger partial charge < -0.3 is 20.3 Å². The molecule has 3 aliphatic rings. The number of rotatable bonds is 5. The number of hydrogen-bond acceptors (Lipinski definition) is 6. The Morgan fingerprint density at radius 2 is 1.68 bits per heavy atom. The minimum atomic E-state index is -1.50. The van der Waals surface area contributed by atoms with Crippen molar-refractivity contribution < 1.29 is 24.5 Å². The number of amides is 2. The van der Waals surface area contributed by atoms with Crippen LogP contribution in [-0.2, 0) is 14.3 Å². The average Bonchev–Trinajstić information content (AvgIpc) is 3.38. The van der Waals surface area contributed by atoms with Crippen LogP contribution in [-0.4, -0.2) is 27.8 Å². The number of phenolic OH excluding ortho intramolecular Hbond substituents is 1. The molecule has 2 heterocycles. The molecule has 2 saturated heterocycles. The zero-order valence-corrected chi connectivity index (χ0v) is 20.6. The van der Waals surface area contributed by atoms with Crippen LogP contribution in [0.3, 0.4) is 0 Å². The lowest BCUT2D eigenvalue weighted by Gasteiger charge is -2.44. The number of imide groups is 1. The van der Waals surface area contributed by atoms with E-state index in [0.717, 1.165) is 16.9 Å². The number of carbonyl (C=O) groups is 2. The molecular formula is C30H30N2O5. The lowest BCUT2D eigenvalue weighted by molar-refractivity contribution is -0.269. The van der Waals surface area contributed by atoms with E-state index >= 15 is 0 Å². The van der Waals surface area contributed by atoms with Crippen LogP contribution in [0.1, 0.15) is 37.9 Å². The van der Waals surface area contributed by atoms with Gasteiger partial charge in [0.15, 0.2) is 5.79 Å². The minimum absolute atomic E-state index is 0.122. The van der Waals surface area contributed by atoms with Gasteiger partial charge in [-0.3, -0.25) is 14.5 Å². The molecule has 6 atom stereocenters. The van der Waals surface area contributed by atoms with Gasteiger partial charge in [-0.15, -0.1) is 0 Å². The maximum atomic E-state index is 13.8. The molecule has 3 aromatic carbocycles. The number of aromatic hydroxyl groups is 1. The van der Waals surface area contributed by atoms with Gasteiger partial charge in [0.1, 0.15) is 5.75 Å². The molecule has 0 aromatic heterocycles. The van der Waals surface area contributed by atoms with Gasteiger partial charge in [-0.2, -0.15) is 0 Å². The van der Waals surface area contributed by atoms with Gasteiger partial charge in [0.25, 0.3) is 0 Å². The number of ether oxygens (including phenoxy) is 1. The molecule has 37 heavy (non-hydrogen) atoms. The molecule has 1 saturated carbocycles. The highest BCUT2D eigenvalue weighted by atomic mass is 16.6. The Kier molecular flexibility index (Phi) is 5.77. The second kappa shape index (κ2) is 9.01. The maximum Gasteiger partial charge on any atom is 0.238 e. The van der Waals surface area contributed by atoms with E-state index in [-0.39, 0.29) is 23.5 Å². The molecule has 7 nitrogen and oxygen atoms in total. The van der Waals surface area contributed by atoms with Crippen LogP contribution in [0.2, 0.25) is 0 Å². The van der Waals surface area contributed by atoms with Gasteiger partial charge in [0.2, 0.25) is 11.8 Å². The fraction of sp³-hybridized carbons (Fsp3) is 0.333. The number of aliphatic hydroxyl groups is 1. The number of carbonyl (C=O) groups excluding carboxylic acids is 2. The summed E-state index contributed by atoms with van der Waals surface area (Å²) in [4.78, 5) is 28.7. The minimum Gasteiger partial charge on any atom is -0.508 e. The summed E-state index contributed by atoms with van der Waals surface area (Å²) in [5.74, 6) is -3.78. The summed E-state index contributed by atoms with van der Waals surface area (Å²) in [6.07, 6.45) is 0.972. The normalized spacial score (nSPS) is 30.8. The smallest absolute Gasteiger partial charge is 0.238 e. The molecule has 1 aliphatic carbocycles. The number of para-hydroxylation sites is 1. The van der Waals surface area contributed by atoms with Gasteiger partial charge >= 0.3 is 0 Å². The average molecular weight is 499 g/mol. The standard InChI is InChI=1S/C30H30N2O5/c1-2-19-16-24-27(25-17-26(37-30(19,25)36)18-7-6-10-23(33)15-18)29(35)32(28(24)34)22-13-11-21(12-14-22)31-20-8-4-3-5-9-20/h3-15,19,24-27,31,33,36H,2,16-17H2,1H3/t19-,24-,25-,26-,27-,30+/m0/s1. The van der Waals surface area contributed by atoms with E-state index in [0.29, 0.717) is 24.9 Å². The van der Waals surface area contributed by atoms with Crippen molar-refractivity contribution in [2.24, 2.45) is 23.7 Å². The summed E-state index contributed by atoms with van der Waals surface area (Å²) in [5, 5.41) is 25.0. The van der Waals surface area contributed by atoms with E-state index in [2.05, 4.69) is 5.32 Å². The van der Waals surface area contributed by atoms with Gasteiger partial charge in [0, 0.05) is 23.2 Å². The highest BCUT2D eigenvalue weighted by Gasteiger charge is 2.66. The molecule has 2 aliphatic heterocycles. The van der Waals surface area contributed by atoms with Gasteiger partial charge in [-0.1, -0.05) is 37.3 Å². The summed E-state index contributed by atoms with van der Waals surface area (Å²) in [7, 11) is 0. The first kappa shape index (κ1) is 23.7. The third-order valence-corrected chi connectivity index (χ3v) is 8.29. The van der Waals surface area contributed by atoms with Crippen LogP contribution in [0.15, 0.2) is 78.9 Å². The van der Waals surface area contributed by atoms with E-state index in [4.69, 9.17) is 4.74 Å². The molecule has 7 heteroatoms. The second-order valence-corrected chi connectivity index (χ2v) is 10.3. The summed E-state index contributed by atoms with van der Waals surface area (Å²) in [6, 6.07) is 23.8. The molecule has 3 fully saturated rings. The summed E-state index contributed by atoms with van der Waals surface area (Å²) < 4.78 is 6.26. The summed E-state index contributed by atoms with van der Waals surface area (Å²) in [5.41, 5.74) is 3.08. The van der Waals surface area contributed by atoms with Crippen molar-refractivity contribution in [2.45, 2.75) is 38.1 Å². The number of hydrogen-bond donors (Lipinski definition) is 3. The van der Waals surface area contributed by atoms with Crippen molar-refractivity contribution in [3.05, 3.63) is 84.4 Å². The Labute approximate surface area is 215 Å². The highest BCUT2D eigenvalue weighted by molar-refractivity contribution is 6.22. The monoisotopic (exact) mass is 498 g/mol. The van der Waals surface area contributed by atoms with E-state index < -0.39 is 29.6 Å². The van der Waals surface area contributed by atoms with Gasteiger partial charge in [-0.05, 0) is 73.4 Å². The zero-order valence-electron chi connectivity index (χ0n) is 20.6. The third kappa shape index (κ3) is 3.90. The first-order chi connectivity index (χ1) is 17.9. The van der Waals surface area contributed by atoms with Crippen molar-refractivity contribution in [2.75, 3.05) is 10.2 Å². The van der Waals surface area contributed by atoms with Crippen LogP contribution in [0, 0.1) is 23.7 Å². The molecule has 0 unspecified atom stereocenters. The van der Waals surface area contributed by atoms with Gasteiger partial charge in [0.05, 0.1) is 23.6 Å². The number of anilines is 3. The summed E-state index contributed by atoms with van der Waals surface area (Å²) in [6.45, 7) is 1.97. The molecule has 3 N–H and O–H groups in total. The number of fused-ring (bicyclic) bond motifs is 3. The second-order valence-electron chi connectivity index (χ2n) is 10.3. The zero-order chi connectivity index (χ0) is 25.7. The molecule has 2 amide bonds. The Morgan fingerprint density at radius 1 is 0.946 bits per heavy atom. The van der Waals surface area contributed by atoms with Crippen LogP contribution in [0.5, 0.6) is 5.75 Å². The van der Waals surface area contributed by atoms with E-state index in [1.165, 1.54) is 4.90 Å². The van der Waals surface area contributed by atoms with Crippen molar-refractivity contribution >= 4 is 28.9 Å². The van der Waals surface area contributed by atoms with Crippen molar-refractivity contribution in [1.82, 2.24) is 0 Å². The van der Waals surface area contributed by atoms with Crippen LogP contribution < -0.4 is 10.2 Å². The largest absolute Gasteiger partial charge is 0.508 e. The lowest BCUT2D eigenvalue weighted by Crippen LogP contribution is -2.53. The van der Waals surface area contributed by atoms with Crippen LogP contribution in [0.25, 0.3) is 0 Å². The van der Waals surface area contributed by atoms with Crippen LogP contribution in [0.4, 0.5) is 17.1 Å². The fourth-order valence-corrected chi connectivity index (χ4v) is 6.52. The Balaban J connectivity index is 1.28. The van der Waals surface area contributed by atoms with E-state index in [1.807, 2.05) is 55.5 Å². The van der Waals surface area contributed by atoms with Crippen molar-refractivity contribution in [1.29, 1.82) is 0 Å². The molecule has 0 spiro atoms. The Morgan fingerprint density at radius 3 is 2.38 bits per heavy atom. The lowest BCUT2D eigenvalue weighted by atomic mass is 9.64. The molecule has 6 rings (SSSR count). The molecular weight excluding hydrogens is 468 g/mol. The molecule has 3 aromatic rings. The Bertz CT molecular complexity index is 1330. The quantitative estimate of drug-likeness (QED) is 0.422. The maximum absolute atomic E-state index is 13.8. The summed E-state index contributed by atoms with van der Waals surface area (Å²) >= 11 is 0. The number of phenols is 1. The first-order valence-electron chi connectivity index (χ1n) is 12.9. The first-order valence-corrected chi connectivity index (χ1v) is 12.9. The number of nitrogens with zero attached hydrogens (tertiary/aromatic N) is 1. The van der Waals surface area contributed by atoms with Crippen molar-refractivity contribution in [3.63, 3.8) is 0 Å². The van der Waals surface area contributed by atoms with E-state index in [9.17, 15) is 19.8 Å². The molecule has 0 bridgehead atoms. The van der Waals surface area contributed by atoms with Crippen LogP contribution >= 0.6 is 0 Å². The highest BCUT2D eigenvalue weighted by Crippen LogP contribution is 2.59. The fourth-order valence-electron chi connectivity index (χ4n) is 6.52. The Hall–Kier alpha value is -3.68. The number of nitrogens with one attached hydrogen (secondary N) is 1. The molecule has 190 valence electrons. The predicted molar refractivity (Wildman–Crippen MR) is 139 cm³/mol. The van der Waals surface area contributed by atoms with Crippen molar-refractivity contribution in [3.8, 4) is 5.75 Å². The third-order valence-electron chi connectivity index (χ3n) is 8.29.